The Hall–Kier alpha value is -3.43. The first-order valence-corrected chi connectivity index (χ1v) is 11.6. The molecule has 0 saturated heterocycles. The Labute approximate surface area is 199 Å². The summed E-state index contributed by atoms with van der Waals surface area (Å²) < 4.78 is 2.82. The van der Waals surface area contributed by atoms with Crippen LogP contribution in [0, 0.1) is 13.8 Å². The summed E-state index contributed by atoms with van der Waals surface area (Å²) in [5.74, 6) is -0.588. The fourth-order valence-corrected chi connectivity index (χ4v) is 5.00. The van der Waals surface area contributed by atoms with Crippen molar-refractivity contribution < 1.29 is 9.59 Å². The summed E-state index contributed by atoms with van der Waals surface area (Å²) in [5.41, 5.74) is 10.3. The van der Waals surface area contributed by atoms with Gasteiger partial charge in [0, 0.05) is 22.8 Å². The normalized spacial score (nSPS) is 13.2. The van der Waals surface area contributed by atoms with Gasteiger partial charge in [-0.3, -0.25) is 9.48 Å². The first-order valence-electron chi connectivity index (χ1n) is 10.4. The molecule has 0 fully saturated rings. The molecule has 3 heterocycles. The predicted octanol–water partition coefficient (Wildman–Crippen LogP) is 4.58. The van der Waals surface area contributed by atoms with Gasteiger partial charge < -0.3 is 16.0 Å². The Morgan fingerprint density at radius 3 is 2.73 bits per heavy atom. The Morgan fingerprint density at radius 2 is 1.97 bits per heavy atom. The van der Waals surface area contributed by atoms with Crippen LogP contribution in [0.2, 0.25) is 5.02 Å². The minimum Gasteiger partial charge on any atom is -0.365 e. The van der Waals surface area contributed by atoms with E-state index in [1.807, 2.05) is 44.2 Å². The van der Waals surface area contributed by atoms with Crippen LogP contribution in [-0.4, -0.2) is 38.1 Å². The van der Waals surface area contributed by atoms with E-state index >= 15 is 0 Å². The third-order valence-electron chi connectivity index (χ3n) is 5.70. The summed E-state index contributed by atoms with van der Waals surface area (Å²) in [5, 5.41) is 9.11. The molecule has 0 radical (unpaired) electrons. The molecule has 4 aromatic rings. The number of anilines is 1. The van der Waals surface area contributed by atoms with Gasteiger partial charge in [0.05, 0.1) is 39.6 Å². The van der Waals surface area contributed by atoms with Crippen LogP contribution in [0.1, 0.15) is 26.6 Å². The predicted molar refractivity (Wildman–Crippen MR) is 130 cm³/mol. The van der Waals surface area contributed by atoms with E-state index in [9.17, 15) is 9.59 Å². The minimum absolute atomic E-state index is 0.217. The van der Waals surface area contributed by atoms with E-state index in [1.54, 1.807) is 27.0 Å². The van der Waals surface area contributed by atoms with Crippen LogP contribution in [0.25, 0.3) is 21.5 Å². The molecular weight excluding hydrogens is 460 g/mol. The van der Waals surface area contributed by atoms with Crippen LogP contribution in [0.5, 0.6) is 0 Å². The van der Waals surface area contributed by atoms with E-state index in [2.05, 4.69) is 15.4 Å². The van der Waals surface area contributed by atoms with Crippen molar-refractivity contribution >= 4 is 50.8 Å². The van der Waals surface area contributed by atoms with Crippen LogP contribution >= 0.6 is 22.9 Å². The van der Waals surface area contributed by atoms with Gasteiger partial charge in [0.15, 0.2) is 0 Å². The summed E-state index contributed by atoms with van der Waals surface area (Å²) in [7, 11) is 0. The number of primary amides is 1. The average Bonchev–Trinajstić information content (AvgIpc) is 3.34. The van der Waals surface area contributed by atoms with Crippen LogP contribution in [0.3, 0.4) is 0 Å². The lowest BCUT2D eigenvalue weighted by atomic mass is 10.0. The molecule has 1 aliphatic rings. The zero-order valence-corrected chi connectivity index (χ0v) is 19.6. The third-order valence-corrected chi connectivity index (χ3v) is 7.06. The molecule has 0 bridgehead atoms. The number of carbonyl (C=O) groups is 2. The molecule has 2 aromatic carbocycles. The fraction of sp³-hybridized carbons (Fsp3) is 0.217. The number of hydrogen-bond donors (Lipinski definition) is 2. The second kappa shape index (κ2) is 8.17. The molecule has 0 aliphatic carbocycles. The van der Waals surface area contributed by atoms with Gasteiger partial charge in [-0.1, -0.05) is 23.7 Å². The van der Waals surface area contributed by atoms with E-state index in [1.165, 1.54) is 0 Å². The molecule has 1 aliphatic heterocycles. The number of nitrogens with zero attached hydrogens (tertiary/aromatic N) is 4. The lowest BCUT2D eigenvalue weighted by Crippen LogP contribution is -2.41. The van der Waals surface area contributed by atoms with Gasteiger partial charge >= 0.3 is 6.03 Å². The monoisotopic (exact) mass is 480 g/mol. The van der Waals surface area contributed by atoms with Gasteiger partial charge in [-0.05, 0) is 43.7 Å². The molecular formula is C23H21ClN6O2S. The highest BCUT2D eigenvalue weighted by atomic mass is 35.5. The molecule has 0 spiro atoms. The van der Waals surface area contributed by atoms with E-state index in [4.69, 9.17) is 17.3 Å². The van der Waals surface area contributed by atoms with Gasteiger partial charge in [0.2, 0.25) is 0 Å². The van der Waals surface area contributed by atoms with Gasteiger partial charge in [-0.25, -0.2) is 9.78 Å². The fourth-order valence-electron chi connectivity index (χ4n) is 4.02. The topological polar surface area (TPSA) is 106 Å². The average molecular weight is 481 g/mol. The van der Waals surface area contributed by atoms with Crippen molar-refractivity contribution in [3.63, 3.8) is 0 Å². The third kappa shape index (κ3) is 3.94. The number of benzene rings is 2. The second-order valence-electron chi connectivity index (χ2n) is 7.99. The number of urea groups is 1. The maximum atomic E-state index is 13.0. The highest BCUT2D eigenvalue weighted by Gasteiger charge is 2.29. The Balaban J connectivity index is 1.42. The second-order valence-corrected chi connectivity index (χ2v) is 9.63. The number of carbonyl (C=O) groups excluding carboxylic acids is 2. The molecule has 2 aromatic heterocycles. The number of nitrogens with one attached hydrogen (secondary N) is 1. The van der Waals surface area contributed by atoms with Crippen molar-refractivity contribution in [3.05, 3.63) is 63.2 Å². The lowest BCUT2D eigenvalue weighted by molar-refractivity contribution is 0.0997. The van der Waals surface area contributed by atoms with Crippen LogP contribution in [-0.2, 0) is 13.1 Å². The molecule has 0 saturated carbocycles. The lowest BCUT2D eigenvalue weighted by Gasteiger charge is -2.28. The first-order chi connectivity index (χ1) is 15.8. The summed E-state index contributed by atoms with van der Waals surface area (Å²) in [6.07, 6.45) is 0. The van der Waals surface area contributed by atoms with Crippen molar-refractivity contribution in [3.8, 4) is 11.3 Å². The molecule has 5 rings (SSSR count). The first kappa shape index (κ1) is 21.4. The molecule has 10 heteroatoms. The molecule has 0 unspecified atom stereocenters. The zero-order valence-electron chi connectivity index (χ0n) is 18.1. The molecule has 168 valence electrons. The number of aromatic nitrogens is 3. The van der Waals surface area contributed by atoms with E-state index in [-0.39, 0.29) is 12.6 Å². The van der Waals surface area contributed by atoms with Crippen LogP contribution in [0.15, 0.2) is 36.4 Å². The van der Waals surface area contributed by atoms with E-state index in [0.717, 1.165) is 20.8 Å². The quantitative estimate of drug-likeness (QED) is 0.447. The Morgan fingerprint density at radius 1 is 1.15 bits per heavy atom. The number of halogens is 1. The van der Waals surface area contributed by atoms with Gasteiger partial charge in [0.25, 0.3) is 5.91 Å². The largest absolute Gasteiger partial charge is 0.365 e. The summed E-state index contributed by atoms with van der Waals surface area (Å²) >= 11 is 7.90. The maximum Gasteiger partial charge on any atom is 0.322 e. The molecule has 3 amide bonds. The summed E-state index contributed by atoms with van der Waals surface area (Å²) in [4.78, 5) is 31.5. The number of fused-ring (bicyclic) bond motifs is 2. The van der Waals surface area contributed by atoms with Crippen LogP contribution in [0.4, 0.5) is 10.5 Å². The maximum absolute atomic E-state index is 13.0. The number of hydrogen-bond acceptors (Lipinski definition) is 5. The number of nitrogens with two attached hydrogens (primary N) is 1. The van der Waals surface area contributed by atoms with Crippen molar-refractivity contribution in [2.45, 2.75) is 26.9 Å². The zero-order chi connectivity index (χ0) is 23.3. The standard InChI is InChI=1S/C23H21ClN6O2S/c1-12-3-4-14(9-16(12)24)21-20(22(25)31)18-11-29(7-8-30(18)28-21)23(32)27-15-5-6-19-17(10-15)26-13(2)33-19/h3-6,9-10H,7-8,11H2,1-2H3,(H2,25,31)(H,27,32). The number of amides is 3. The Kier molecular flexibility index (Phi) is 5.30. The van der Waals surface area contributed by atoms with Crippen molar-refractivity contribution in [1.29, 1.82) is 0 Å². The van der Waals surface area contributed by atoms with E-state index < -0.39 is 5.91 Å². The van der Waals surface area contributed by atoms with Crippen molar-refractivity contribution in [2.24, 2.45) is 5.73 Å². The molecule has 3 N–H and O–H groups in total. The minimum atomic E-state index is -0.588. The number of aryl methyl sites for hydroxylation is 2. The highest BCUT2D eigenvalue weighted by Crippen LogP contribution is 2.31. The molecule has 0 atom stereocenters. The van der Waals surface area contributed by atoms with Gasteiger partial charge in [0.1, 0.15) is 5.69 Å². The molecule has 33 heavy (non-hydrogen) atoms. The summed E-state index contributed by atoms with van der Waals surface area (Å²) in [6.45, 7) is 4.98. The SMILES string of the molecule is Cc1nc2cc(NC(=O)N3CCn4nc(-c5ccc(C)c(Cl)c5)c(C(N)=O)c4C3)ccc2s1. The number of thiazole rings is 1. The van der Waals surface area contributed by atoms with Crippen molar-refractivity contribution in [1.82, 2.24) is 19.7 Å². The Bertz CT molecular complexity index is 1430. The smallest absolute Gasteiger partial charge is 0.322 e. The molecule has 8 nitrogen and oxygen atoms in total. The number of rotatable bonds is 3. The van der Waals surface area contributed by atoms with E-state index in [0.29, 0.717) is 46.3 Å². The van der Waals surface area contributed by atoms with Gasteiger partial charge in [-0.2, -0.15) is 5.10 Å². The summed E-state index contributed by atoms with van der Waals surface area (Å²) in [6, 6.07) is 10.9. The van der Waals surface area contributed by atoms with Crippen LogP contribution < -0.4 is 11.1 Å². The van der Waals surface area contributed by atoms with Crippen molar-refractivity contribution in [2.75, 3.05) is 11.9 Å². The highest BCUT2D eigenvalue weighted by molar-refractivity contribution is 7.18. The van der Waals surface area contributed by atoms with Gasteiger partial charge in [-0.15, -0.1) is 11.3 Å².